The summed E-state index contributed by atoms with van der Waals surface area (Å²) < 4.78 is 0. The molecule has 1 unspecified atom stereocenters. The first-order valence-electron chi connectivity index (χ1n) is 7.75. The van der Waals surface area contributed by atoms with Crippen molar-refractivity contribution in [2.75, 3.05) is 13.1 Å². The first-order valence-corrected chi connectivity index (χ1v) is 7.75. The van der Waals surface area contributed by atoms with Crippen molar-refractivity contribution < 1.29 is 4.79 Å². The second-order valence-corrected chi connectivity index (χ2v) is 5.90. The molecular weight excluding hydrogens is 286 g/mol. The fourth-order valence-corrected chi connectivity index (χ4v) is 2.93. The largest absolute Gasteiger partial charge is 0.334 e. The summed E-state index contributed by atoms with van der Waals surface area (Å²) in [6.45, 7) is 2.76. The number of hydrogen-bond acceptors (Lipinski definition) is 3. The quantitative estimate of drug-likeness (QED) is 0.929. The van der Waals surface area contributed by atoms with Crippen molar-refractivity contribution in [3.63, 3.8) is 0 Å². The van der Waals surface area contributed by atoms with E-state index >= 15 is 0 Å². The van der Waals surface area contributed by atoms with E-state index in [1.807, 2.05) is 24.4 Å². The van der Waals surface area contributed by atoms with Gasteiger partial charge in [-0.2, -0.15) is 0 Å². The van der Waals surface area contributed by atoms with Crippen LogP contribution >= 0.6 is 12.4 Å². The van der Waals surface area contributed by atoms with Gasteiger partial charge in [-0.25, -0.2) is 0 Å². The zero-order valence-electron chi connectivity index (χ0n) is 12.3. The highest BCUT2D eigenvalue weighted by Crippen LogP contribution is 2.33. The van der Waals surface area contributed by atoms with Gasteiger partial charge in [0.2, 0.25) is 5.91 Å². The van der Waals surface area contributed by atoms with Gasteiger partial charge in [0, 0.05) is 18.2 Å². The summed E-state index contributed by atoms with van der Waals surface area (Å²) in [5.41, 5.74) is 0.999. The zero-order valence-corrected chi connectivity index (χ0v) is 13.1. The van der Waals surface area contributed by atoms with Crippen LogP contribution in [0.1, 0.15) is 37.8 Å². The molecule has 1 aromatic heterocycles. The van der Waals surface area contributed by atoms with Crippen LogP contribution < -0.4 is 5.32 Å². The molecule has 1 aromatic rings. The van der Waals surface area contributed by atoms with Crippen LogP contribution in [0.2, 0.25) is 0 Å². The second kappa shape index (κ2) is 7.76. The van der Waals surface area contributed by atoms with Gasteiger partial charge in [-0.1, -0.05) is 6.07 Å². The summed E-state index contributed by atoms with van der Waals surface area (Å²) in [4.78, 5) is 19.1. The number of pyridine rings is 1. The Hall–Kier alpha value is -1.13. The van der Waals surface area contributed by atoms with E-state index in [2.05, 4.69) is 15.2 Å². The van der Waals surface area contributed by atoms with E-state index < -0.39 is 0 Å². The minimum atomic E-state index is 0. The van der Waals surface area contributed by atoms with Crippen molar-refractivity contribution in [3.8, 4) is 0 Å². The van der Waals surface area contributed by atoms with Gasteiger partial charge in [0.15, 0.2) is 0 Å². The van der Waals surface area contributed by atoms with E-state index in [4.69, 9.17) is 0 Å². The van der Waals surface area contributed by atoms with Gasteiger partial charge >= 0.3 is 0 Å². The first kappa shape index (κ1) is 16.2. The highest BCUT2D eigenvalue weighted by Gasteiger charge is 2.36. The molecular formula is C16H24ClN3O. The molecule has 1 aliphatic carbocycles. The predicted octanol–water partition coefficient (Wildman–Crippen LogP) is 2.38. The summed E-state index contributed by atoms with van der Waals surface area (Å²) in [6.07, 6.45) is 7.28. The Morgan fingerprint density at radius 1 is 1.24 bits per heavy atom. The summed E-state index contributed by atoms with van der Waals surface area (Å²) in [6, 6.07) is 6.31. The molecule has 0 bridgehead atoms. The maximum Gasteiger partial charge on any atom is 0.226 e. The number of carbonyl (C=O) groups is 1. The molecule has 1 aliphatic heterocycles. The van der Waals surface area contributed by atoms with E-state index in [-0.39, 0.29) is 18.3 Å². The van der Waals surface area contributed by atoms with Crippen LogP contribution in [0.5, 0.6) is 0 Å². The third-order valence-electron chi connectivity index (χ3n) is 4.25. The van der Waals surface area contributed by atoms with Crippen LogP contribution in [0.15, 0.2) is 24.4 Å². The Balaban J connectivity index is 0.00000161. The van der Waals surface area contributed by atoms with Gasteiger partial charge in [-0.05, 0) is 57.3 Å². The van der Waals surface area contributed by atoms with Gasteiger partial charge < -0.3 is 10.2 Å². The van der Waals surface area contributed by atoms with E-state index in [1.165, 1.54) is 0 Å². The minimum absolute atomic E-state index is 0. The molecule has 4 nitrogen and oxygen atoms in total. The van der Waals surface area contributed by atoms with Gasteiger partial charge in [0.25, 0.3) is 0 Å². The summed E-state index contributed by atoms with van der Waals surface area (Å²) in [7, 11) is 0. The molecule has 2 fully saturated rings. The van der Waals surface area contributed by atoms with E-state index in [0.717, 1.165) is 50.9 Å². The van der Waals surface area contributed by atoms with E-state index in [1.54, 1.807) is 0 Å². The van der Waals surface area contributed by atoms with Gasteiger partial charge in [-0.15, -0.1) is 12.4 Å². The molecule has 21 heavy (non-hydrogen) atoms. The lowest BCUT2D eigenvalue weighted by Gasteiger charge is -2.31. The summed E-state index contributed by atoms with van der Waals surface area (Å²) >= 11 is 0. The van der Waals surface area contributed by atoms with Crippen LogP contribution in [0.3, 0.4) is 0 Å². The van der Waals surface area contributed by atoms with Crippen LogP contribution in [0.4, 0.5) is 0 Å². The molecule has 0 radical (unpaired) electrons. The Labute approximate surface area is 132 Å². The molecule has 3 rings (SSSR count). The van der Waals surface area contributed by atoms with Gasteiger partial charge in [-0.3, -0.25) is 9.78 Å². The Morgan fingerprint density at radius 2 is 2.10 bits per heavy atom. The van der Waals surface area contributed by atoms with E-state index in [0.29, 0.717) is 18.5 Å². The number of aromatic nitrogens is 1. The predicted molar refractivity (Wildman–Crippen MR) is 85.3 cm³/mol. The van der Waals surface area contributed by atoms with Gasteiger partial charge in [0.05, 0.1) is 12.2 Å². The molecule has 2 aliphatic rings. The number of carbonyl (C=O) groups excluding carboxylic acids is 1. The van der Waals surface area contributed by atoms with Crippen LogP contribution in [0.25, 0.3) is 0 Å². The fourth-order valence-electron chi connectivity index (χ4n) is 2.93. The molecule has 0 spiro atoms. The number of nitrogens with one attached hydrogen (secondary N) is 1. The third-order valence-corrected chi connectivity index (χ3v) is 4.25. The number of halogens is 1. The van der Waals surface area contributed by atoms with Crippen molar-refractivity contribution in [3.05, 3.63) is 30.1 Å². The number of hydrogen-bond donors (Lipinski definition) is 1. The highest BCUT2D eigenvalue weighted by atomic mass is 35.5. The molecule has 1 saturated heterocycles. The molecule has 1 amide bonds. The van der Waals surface area contributed by atoms with Crippen LogP contribution in [0, 0.1) is 5.92 Å². The molecule has 2 heterocycles. The maximum atomic E-state index is 12.6. The number of nitrogens with zero attached hydrogens (tertiary/aromatic N) is 2. The molecule has 1 atom stereocenters. The van der Waals surface area contributed by atoms with Crippen LogP contribution in [-0.4, -0.2) is 34.9 Å². The summed E-state index contributed by atoms with van der Waals surface area (Å²) in [5.74, 6) is 0.637. The molecule has 5 heteroatoms. The zero-order chi connectivity index (χ0) is 13.8. The van der Waals surface area contributed by atoms with Crippen molar-refractivity contribution >= 4 is 18.3 Å². The number of rotatable bonds is 4. The third kappa shape index (κ3) is 4.42. The lowest BCUT2D eigenvalue weighted by molar-refractivity contribution is -0.136. The molecule has 0 aromatic carbocycles. The van der Waals surface area contributed by atoms with Crippen molar-refractivity contribution in [2.45, 2.75) is 44.7 Å². The monoisotopic (exact) mass is 309 g/mol. The minimum Gasteiger partial charge on any atom is -0.334 e. The Bertz CT molecular complexity index is 442. The van der Waals surface area contributed by atoms with Crippen molar-refractivity contribution in [1.29, 1.82) is 0 Å². The maximum absolute atomic E-state index is 12.6. The highest BCUT2D eigenvalue weighted by molar-refractivity contribution is 5.85. The SMILES string of the molecule is Cl.O=C(C1CC1)N(Cc1ccccn1)C1CCCNCC1. The topological polar surface area (TPSA) is 45.2 Å². The normalized spacial score (nSPS) is 22.0. The van der Waals surface area contributed by atoms with E-state index in [9.17, 15) is 4.79 Å². The Morgan fingerprint density at radius 3 is 2.81 bits per heavy atom. The lowest BCUT2D eigenvalue weighted by Crippen LogP contribution is -2.41. The standard InChI is InChI=1S/C16H23N3O.ClH/c20-16(13-6-7-13)19(12-14-4-1-2-10-18-14)15-5-3-9-17-11-8-15;/h1-2,4,10,13,15,17H,3,5-9,11-12H2;1H. The van der Waals surface area contributed by atoms with Crippen molar-refractivity contribution in [2.24, 2.45) is 5.92 Å². The smallest absolute Gasteiger partial charge is 0.226 e. The summed E-state index contributed by atoms with van der Waals surface area (Å²) in [5, 5.41) is 3.43. The average Bonchev–Trinajstić information content (AvgIpc) is 3.31. The molecule has 1 saturated carbocycles. The van der Waals surface area contributed by atoms with Crippen LogP contribution in [-0.2, 0) is 11.3 Å². The Kier molecular flexibility index (Phi) is 6.00. The second-order valence-electron chi connectivity index (χ2n) is 5.90. The number of amides is 1. The fraction of sp³-hybridized carbons (Fsp3) is 0.625. The lowest BCUT2D eigenvalue weighted by atomic mass is 10.1. The molecule has 1 N–H and O–H groups in total. The van der Waals surface area contributed by atoms with Crippen molar-refractivity contribution in [1.82, 2.24) is 15.2 Å². The van der Waals surface area contributed by atoms with Gasteiger partial charge in [0.1, 0.15) is 0 Å². The average molecular weight is 310 g/mol. The first-order chi connectivity index (χ1) is 9.84. The molecule has 116 valence electrons.